The van der Waals surface area contributed by atoms with Gasteiger partial charge in [0, 0.05) is 24.7 Å². The Hall–Kier alpha value is -2.11. The van der Waals surface area contributed by atoms with Crippen molar-refractivity contribution in [3.05, 3.63) is 28.7 Å². The number of hydrogen-bond acceptors (Lipinski definition) is 3. The van der Waals surface area contributed by atoms with E-state index in [1.165, 1.54) is 10.6 Å². The number of carbonyl (C=O) groups is 2. The van der Waals surface area contributed by atoms with E-state index in [2.05, 4.69) is 5.32 Å². The summed E-state index contributed by atoms with van der Waals surface area (Å²) in [5.41, 5.74) is 0.456. The summed E-state index contributed by atoms with van der Waals surface area (Å²) in [5, 5.41) is 11.8. The van der Waals surface area contributed by atoms with Crippen LogP contribution in [0.3, 0.4) is 0 Å². The van der Waals surface area contributed by atoms with Gasteiger partial charge in [-0.2, -0.15) is 0 Å². The molecule has 1 amide bonds. The molecule has 0 saturated heterocycles. The van der Waals surface area contributed by atoms with Crippen molar-refractivity contribution < 1.29 is 14.7 Å². The first kappa shape index (κ1) is 15.3. The van der Waals surface area contributed by atoms with Crippen LogP contribution in [0.15, 0.2) is 23.1 Å². The highest BCUT2D eigenvalue weighted by Gasteiger charge is 2.31. The van der Waals surface area contributed by atoms with Crippen LogP contribution in [0.1, 0.15) is 32.6 Å². The number of amides is 1. The molecule has 1 aliphatic rings. The Morgan fingerprint density at radius 1 is 1.33 bits per heavy atom. The van der Waals surface area contributed by atoms with Gasteiger partial charge in [-0.3, -0.25) is 14.4 Å². The van der Waals surface area contributed by atoms with Gasteiger partial charge in [0.1, 0.15) is 0 Å². The van der Waals surface area contributed by atoms with Gasteiger partial charge in [0.2, 0.25) is 5.91 Å². The van der Waals surface area contributed by atoms with E-state index in [1.54, 1.807) is 12.3 Å². The van der Waals surface area contributed by atoms with E-state index in [-0.39, 0.29) is 17.4 Å². The number of aliphatic carboxylic acids is 1. The minimum atomic E-state index is -0.827. The van der Waals surface area contributed by atoms with Crippen molar-refractivity contribution in [2.24, 2.45) is 11.8 Å². The number of aryl methyl sites for hydroxylation is 1. The SMILES string of the molecule is CCn1cc(NC(=O)C2CCCC(C(=O)O)C2)ccc1=O. The summed E-state index contributed by atoms with van der Waals surface area (Å²) in [6, 6.07) is 2.99. The summed E-state index contributed by atoms with van der Waals surface area (Å²) in [4.78, 5) is 34.8. The van der Waals surface area contributed by atoms with Crippen molar-refractivity contribution in [2.75, 3.05) is 5.32 Å². The Morgan fingerprint density at radius 2 is 2.05 bits per heavy atom. The lowest BCUT2D eigenvalue weighted by Crippen LogP contribution is -2.31. The van der Waals surface area contributed by atoms with E-state index in [9.17, 15) is 14.4 Å². The number of hydrogen-bond donors (Lipinski definition) is 2. The van der Waals surface area contributed by atoms with E-state index in [1.807, 2.05) is 6.92 Å². The summed E-state index contributed by atoms with van der Waals surface area (Å²) in [6.45, 7) is 2.39. The molecule has 2 N–H and O–H groups in total. The zero-order valence-corrected chi connectivity index (χ0v) is 12.0. The molecule has 1 aliphatic carbocycles. The summed E-state index contributed by atoms with van der Waals surface area (Å²) in [6.07, 6.45) is 4.10. The Labute approximate surface area is 122 Å². The standard InChI is InChI=1S/C15H20N2O4/c1-2-17-9-12(6-7-13(17)18)16-14(19)10-4-3-5-11(8-10)15(20)21/h6-7,9-11H,2-5,8H2,1H3,(H,16,19)(H,20,21). The second-order valence-corrected chi connectivity index (χ2v) is 5.43. The molecule has 6 nitrogen and oxygen atoms in total. The van der Waals surface area contributed by atoms with Gasteiger partial charge >= 0.3 is 5.97 Å². The molecule has 0 aliphatic heterocycles. The molecule has 0 bridgehead atoms. The van der Waals surface area contributed by atoms with Gasteiger partial charge in [-0.1, -0.05) is 6.42 Å². The normalized spacial score (nSPS) is 21.8. The predicted octanol–water partition coefficient (Wildman–Crippen LogP) is 1.70. The van der Waals surface area contributed by atoms with Crippen molar-refractivity contribution in [3.8, 4) is 0 Å². The van der Waals surface area contributed by atoms with E-state index < -0.39 is 11.9 Å². The number of nitrogens with zero attached hydrogens (tertiary/aromatic N) is 1. The minimum absolute atomic E-state index is 0.112. The first-order chi connectivity index (χ1) is 10.0. The highest BCUT2D eigenvalue weighted by Crippen LogP contribution is 2.30. The topological polar surface area (TPSA) is 88.4 Å². The van der Waals surface area contributed by atoms with Crippen molar-refractivity contribution in [1.82, 2.24) is 4.57 Å². The Balaban J connectivity index is 2.04. The third kappa shape index (κ3) is 3.71. The van der Waals surface area contributed by atoms with Crippen LogP contribution in [0, 0.1) is 11.8 Å². The number of pyridine rings is 1. The molecule has 2 atom stereocenters. The Bertz CT molecular complexity index is 594. The van der Waals surface area contributed by atoms with Gasteiger partial charge in [-0.15, -0.1) is 0 Å². The van der Waals surface area contributed by atoms with Crippen molar-refractivity contribution in [2.45, 2.75) is 39.2 Å². The summed E-state index contributed by atoms with van der Waals surface area (Å²) < 4.78 is 1.51. The molecule has 6 heteroatoms. The Kier molecular flexibility index (Phi) is 4.77. The highest BCUT2D eigenvalue weighted by atomic mass is 16.4. The molecule has 0 spiro atoms. The number of rotatable bonds is 4. The molecule has 1 aromatic heterocycles. The first-order valence-corrected chi connectivity index (χ1v) is 7.25. The lowest BCUT2D eigenvalue weighted by molar-refractivity contribution is -0.143. The van der Waals surface area contributed by atoms with Crippen molar-refractivity contribution in [3.63, 3.8) is 0 Å². The molecule has 2 unspecified atom stereocenters. The molecular formula is C15H20N2O4. The maximum absolute atomic E-state index is 12.2. The van der Waals surface area contributed by atoms with Crippen LogP contribution >= 0.6 is 0 Å². The molecule has 0 aromatic carbocycles. The van der Waals surface area contributed by atoms with Crippen LogP contribution in [0.4, 0.5) is 5.69 Å². The molecule has 0 radical (unpaired) electrons. The molecule has 1 saturated carbocycles. The quantitative estimate of drug-likeness (QED) is 0.884. The molecular weight excluding hydrogens is 272 g/mol. The number of nitrogens with one attached hydrogen (secondary N) is 1. The second-order valence-electron chi connectivity index (χ2n) is 5.43. The van der Waals surface area contributed by atoms with Gasteiger partial charge in [0.05, 0.1) is 11.6 Å². The largest absolute Gasteiger partial charge is 0.481 e. The van der Waals surface area contributed by atoms with E-state index in [4.69, 9.17) is 5.11 Å². The molecule has 21 heavy (non-hydrogen) atoms. The second kappa shape index (κ2) is 6.56. The number of carbonyl (C=O) groups excluding carboxylic acids is 1. The van der Waals surface area contributed by atoms with Gasteiger partial charge in [-0.25, -0.2) is 0 Å². The lowest BCUT2D eigenvalue weighted by Gasteiger charge is -2.25. The van der Waals surface area contributed by atoms with Crippen LogP contribution in [0.2, 0.25) is 0 Å². The van der Waals surface area contributed by atoms with Gasteiger partial charge in [0.25, 0.3) is 5.56 Å². The number of aromatic nitrogens is 1. The molecule has 1 aromatic rings. The zero-order valence-electron chi connectivity index (χ0n) is 12.0. The van der Waals surface area contributed by atoms with Gasteiger partial charge < -0.3 is 15.0 Å². The average Bonchev–Trinajstić information content (AvgIpc) is 2.49. The average molecular weight is 292 g/mol. The van der Waals surface area contributed by atoms with Gasteiger partial charge in [-0.05, 0) is 32.3 Å². The maximum atomic E-state index is 12.2. The fourth-order valence-corrected chi connectivity index (χ4v) is 2.75. The van der Waals surface area contributed by atoms with Crippen molar-refractivity contribution >= 4 is 17.6 Å². The lowest BCUT2D eigenvalue weighted by atomic mass is 9.81. The monoisotopic (exact) mass is 292 g/mol. The fraction of sp³-hybridized carbons (Fsp3) is 0.533. The number of carboxylic acids is 1. The predicted molar refractivity (Wildman–Crippen MR) is 78.1 cm³/mol. The number of carboxylic acid groups (broad SMARTS) is 1. The van der Waals surface area contributed by atoms with Crippen LogP contribution < -0.4 is 10.9 Å². The van der Waals surface area contributed by atoms with Crippen LogP contribution in [0.5, 0.6) is 0 Å². The first-order valence-electron chi connectivity index (χ1n) is 7.25. The van der Waals surface area contributed by atoms with E-state index >= 15 is 0 Å². The molecule has 114 valence electrons. The van der Waals surface area contributed by atoms with Crippen LogP contribution in [0.25, 0.3) is 0 Å². The number of anilines is 1. The Morgan fingerprint density at radius 3 is 2.71 bits per heavy atom. The zero-order chi connectivity index (χ0) is 15.4. The molecule has 1 heterocycles. The molecule has 2 rings (SSSR count). The summed E-state index contributed by atoms with van der Waals surface area (Å²) >= 11 is 0. The third-order valence-corrected chi connectivity index (χ3v) is 3.99. The van der Waals surface area contributed by atoms with Crippen LogP contribution in [-0.2, 0) is 16.1 Å². The van der Waals surface area contributed by atoms with Gasteiger partial charge in [0.15, 0.2) is 0 Å². The van der Waals surface area contributed by atoms with E-state index in [0.29, 0.717) is 31.5 Å². The highest BCUT2D eigenvalue weighted by molar-refractivity contribution is 5.92. The summed E-state index contributed by atoms with van der Waals surface area (Å²) in [7, 11) is 0. The smallest absolute Gasteiger partial charge is 0.306 e. The third-order valence-electron chi connectivity index (χ3n) is 3.99. The van der Waals surface area contributed by atoms with Crippen LogP contribution in [-0.4, -0.2) is 21.6 Å². The minimum Gasteiger partial charge on any atom is -0.481 e. The fourth-order valence-electron chi connectivity index (χ4n) is 2.75. The van der Waals surface area contributed by atoms with Crippen molar-refractivity contribution in [1.29, 1.82) is 0 Å². The van der Waals surface area contributed by atoms with E-state index in [0.717, 1.165) is 6.42 Å². The maximum Gasteiger partial charge on any atom is 0.306 e. The molecule has 1 fully saturated rings. The summed E-state index contributed by atoms with van der Waals surface area (Å²) in [5.74, 6) is -1.70.